The van der Waals surface area contributed by atoms with Gasteiger partial charge in [0.2, 0.25) is 5.91 Å². The Morgan fingerprint density at radius 2 is 1.76 bits per heavy atom. The Bertz CT molecular complexity index is 850. The van der Waals surface area contributed by atoms with Gasteiger partial charge in [0.05, 0.1) is 25.3 Å². The lowest BCUT2D eigenvalue weighted by molar-refractivity contribution is -0.131. The van der Waals surface area contributed by atoms with Crippen molar-refractivity contribution in [1.29, 1.82) is 0 Å². The van der Waals surface area contributed by atoms with Crippen molar-refractivity contribution in [3.63, 3.8) is 0 Å². The molecule has 0 aliphatic carbocycles. The van der Waals surface area contributed by atoms with E-state index in [1.165, 1.54) is 13.1 Å². The minimum Gasteiger partial charge on any atom is -0.450 e. The van der Waals surface area contributed by atoms with Crippen LogP contribution in [0.3, 0.4) is 0 Å². The number of alkyl carbamates (subject to hydrolysis) is 1. The molecule has 8 nitrogen and oxygen atoms in total. The molecule has 0 saturated heterocycles. The van der Waals surface area contributed by atoms with E-state index in [-0.39, 0.29) is 18.9 Å². The van der Waals surface area contributed by atoms with Gasteiger partial charge >= 0.3 is 12.1 Å². The van der Waals surface area contributed by atoms with Gasteiger partial charge in [-0.2, -0.15) is 5.10 Å². The summed E-state index contributed by atoms with van der Waals surface area (Å²) in [4.78, 5) is 34.9. The average Bonchev–Trinajstić information content (AvgIpc) is 2.69. The molecule has 152 valence electrons. The number of hydrazone groups is 1. The van der Waals surface area contributed by atoms with Crippen LogP contribution in [0, 0.1) is 0 Å². The molecule has 0 radical (unpaired) electrons. The van der Waals surface area contributed by atoms with Gasteiger partial charge in [-0.25, -0.2) is 10.2 Å². The number of rotatable bonds is 8. The predicted molar refractivity (Wildman–Crippen MR) is 107 cm³/mol. The van der Waals surface area contributed by atoms with E-state index >= 15 is 0 Å². The van der Waals surface area contributed by atoms with Gasteiger partial charge in [0.1, 0.15) is 5.75 Å². The second-order valence-corrected chi connectivity index (χ2v) is 5.99. The molecule has 0 fully saturated rings. The Labute approximate surface area is 168 Å². The number of ether oxygens (including phenoxy) is 2. The lowest BCUT2D eigenvalue weighted by Gasteiger charge is -2.18. The first-order valence-corrected chi connectivity index (χ1v) is 9.06. The number of amides is 2. The summed E-state index contributed by atoms with van der Waals surface area (Å²) in [6, 6.07) is 15.2. The summed E-state index contributed by atoms with van der Waals surface area (Å²) >= 11 is 0. The van der Waals surface area contributed by atoms with E-state index in [0.717, 1.165) is 5.56 Å². The normalized spacial score (nSPS) is 11.5. The van der Waals surface area contributed by atoms with E-state index in [0.29, 0.717) is 11.3 Å². The zero-order chi connectivity index (χ0) is 21.1. The van der Waals surface area contributed by atoms with Gasteiger partial charge in [-0.05, 0) is 42.3 Å². The molecule has 1 atom stereocenters. The van der Waals surface area contributed by atoms with E-state index in [1.807, 2.05) is 30.3 Å². The number of benzene rings is 2. The second-order valence-electron chi connectivity index (χ2n) is 5.99. The van der Waals surface area contributed by atoms with E-state index in [1.54, 1.807) is 31.2 Å². The van der Waals surface area contributed by atoms with Gasteiger partial charge < -0.3 is 14.8 Å². The van der Waals surface area contributed by atoms with Gasteiger partial charge in [0.25, 0.3) is 0 Å². The zero-order valence-corrected chi connectivity index (χ0v) is 16.3. The van der Waals surface area contributed by atoms with Crippen molar-refractivity contribution in [1.82, 2.24) is 10.7 Å². The SMILES string of the molecule is CCOC(=O)N[C@H](CC(=O)N/N=C\c1ccc(OC(C)=O)cc1)c1ccccc1. The third-order valence-corrected chi connectivity index (χ3v) is 3.70. The van der Waals surface area contributed by atoms with Crippen molar-refractivity contribution in [3.05, 3.63) is 65.7 Å². The first-order valence-electron chi connectivity index (χ1n) is 9.06. The third kappa shape index (κ3) is 7.84. The molecule has 0 aliphatic rings. The van der Waals surface area contributed by atoms with Crippen molar-refractivity contribution in [2.75, 3.05) is 6.61 Å². The number of hydrogen-bond donors (Lipinski definition) is 2. The summed E-state index contributed by atoms with van der Waals surface area (Å²) in [7, 11) is 0. The lowest BCUT2D eigenvalue weighted by atomic mass is 10.0. The smallest absolute Gasteiger partial charge is 0.407 e. The molecule has 8 heteroatoms. The summed E-state index contributed by atoms with van der Waals surface area (Å²) in [5.41, 5.74) is 3.93. The molecule has 29 heavy (non-hydrogen) atoms. The summed E-state index contributed by atoms with van der Waals surface area (Å²) < 4.78 is 9.85. The highest BCUT2D eigenvalue weighted by molar-refractivity contribution is 5.83. The molecule has 2 aromatic carbocycles. The highest BCUT2D eigenvalue weighted by atomic mass is 16.5. The van der Waals surface area contributed by atoms with Crippen molar-refractivity contribution in [2.24, 2.45) is 5.10 Å². The maximum atomic E-state index is 12.3. The largest absolute Gasteiger partial charge is 0.450 e. The first-order chi connectivity index (χ1) is 14.0. The van der Waals surface area contributed by atoms with Gasteiger partial charge in [0.15, 0.2) is 0 Å². The molecular weight excluding hydrogens is 374 g/mol. The van der Waals surface area contributed by atoms with Crippen LogP contribution >= 0.6 is 0 Å². The van der Waals surface area contributed by atoms with Crippen molar-refractivity contribution >= 4 is 24.2 Å². The van der Waals surface area contributed by atoms with E-state index in [4.69, 9.17) is 9.47 Å². The van der Waals surface area contributed by atoms with Crippen molar-refractivity contribution in [3.8, 4) is 5.75 Å². The maximum absolute atomic E-state index is 12.3. The molecule has 0 bridgehead atoms. The number of hydrogen-bond acceptors (Lipinski definition) is 6. The highest BCUT2D eigenvalue weighted by Gasteiger charge is 2.18. The fourth-order valence-electron chi connectivity index (χ4n) is 2.45. The molecule has 2 aromatic rings. The lowest BCUT2D eigenvalue weighted by Crippen LogP contribution is -2.33. The first kappa shape index (κ1) is 21.6. The standard InChI is InChI=1S/C21H23N3O5/c1-3-28-21(27)23-19(17-7-5-4-6-8-17)13-20(26)24-22-14-16-9-11-18(12-10-16)29-15(2)25/h4-12,14,19H,3,13H2,1-2H3,(H,23,27)(H,24,26)/b22-14-/t19-/m1/s1. The van der Waals surface area contributed by atoms with Crippen LogP contribution in [0.1, 0.15) is 37.4 Å². The Morgan fingerprint density at radius 3 is 2.38 bits per heavy atom. The molecule has 0 aromatic heterocycles. The van der Waals surface area contributed by atoms with Crippen molar-refractivity contribution in [2.45, 2.75) is 26.3 Å². The fourth-order valence-corrected chi connectivity index (χ4v) is 2.45. The average molecular weight is 397 g/mol. The number of carbonyl (C=O) groups excluding carboxylic acids is 3. The minimum absolute atomic E-state index is 0.00838. The molecule has 0 spiro atoms. The molecule has 0 saturated carbocycles. The van der Waals surface area contributed by atoms with Crippen LogP contribution in [0.15, 0.2) is 59.7 Å². The predicted octanol–water partition coefficient (Wildman–Crippen LogP) is 2.94. The van der Waals surface area contributed by atoms with Gasteiger partial charge in [-0.1, -0.05) is 30.3 Å². The summed E-state index contributed by atoms with van der Waals surface area (Å²) in [6.07, 6.45) is 0.864. The Hall–Kier alpha value is -3.68. The van der Waals surface area contributed by atoms with Crippen LogP contribution in [0.25, 0.3) is 0 Å². The van der Waals surface area contributed by atoms with Crippen LogP contribution in [0.4, 0.5) is 4.79 Å². The van der Waals surface area contributed by atoms with E-state index in [9.17, 15) is 14.4 Å². The molecular formula is C21H23N3O5. The quantitative estimate of drug-likeness (QED) is 0.308. The molecule has 2 amide bonds. The summed E-state index contributed by atoms with van der Waals surface area (Å²) in [5, 5.41) is 6.60. The fraction of sp³-hybridized carbons (Fsp3) is 0.238. The van der Waals surface area contributed by atoms with Crippen LogP contribution in [0.2, 0.25) is 0 Å². The van der Waals surface area contributed by atoms with E-state index in [2.05, 4.69) is 15.8 Å². The van der Waals surface area contributed by atoms with Crippen LogP contribution in [-0.4, -0.2) is 30.8 Å². The number of carbonyl (C=O) groups is 3. The molecule has 0 aliphatic heterocycles. The summed E-state index contributed by atoms with van der Waals surface area (Å²) in [6.45, 7) is 3.27. The van der Waals surface area contributed by atoms with Crippen LogP contribution in [-0.2, 0) is 14.3 Å². The Morgan fingerprint density at radius 1 is 1.07 bits per heavy atom. The van der Waals surface area contributed by atoms with Gasteiger partial charge in [0, 0.05) is 6.92 Å². The number of esters is 1. The van der Waals surface area contributed by atoms with E-state index < -0.39 is 18.1 Å². The molecule has 0 unspecified atom stereocenters. The minimum atomic E-state index is -0.592. The van der Waals surface area contributed by atoms with Gasteiger partial charge in [-0.15, -0.1) is 0 Å². The third-order valence-electron chi connectivity index (χ3n) is 3.70. The number of nitrogens with zero attached hydrogens (tertiary/aromatic N) is 1. The maximum Gasteiger partial charge on any atom is 0.407 e. The molecule has 0 heterocycles. The zero-order valence-electron chi connectivity index (χ0n) is 16.3. The molecule has 2 N–H and O–H groups in total. The monoisotopic (exact) mass is 397 g/mol. The summed E-state index contributed by atoms with van der Waals surface area (Å²) in [5.74, 6) is -0.346. The Kier molecular flexibility index (Phi) is 8.37. The molecule has 2 rings (SSSR count). The topological polar surface area (TPSA) is 106 Å². The Balaban J connectivity index is 1.94. The van der Waals surface area contributed by atoms with Crippen LogP contribution < -0.4 is 15.5 Å². The second kappa shape index (κ2) is 11.2. The van der Waals surface area contributed by atoms with Gasteiger partial charge in [-0.3, -0.25) is 9.59 Å². The highest BCUT2D eigenvalue weighted by Crippen LogP contribution is 2.17. The van der Waals surface area contributed by atoms with Crippen molar-refractivity contribution < 1.29 is 23.9 Å². The number of nitrogens with one attached hydrogen (secondary N) is 2. The van der Waals surface area contributed by atoms with Crippen LogP contribution in [0.5, 0.6) is 5.75 Å².